The van der Waals surface area contributed by atoms with Gasteiger partial charge in [-0.2, -0.15) is 4.31 Å². The highest BCUT2D eigenvalue weighted by Gasteiger charge is 2.21. The lowest BCUT2D eigenvalue weighted by Gasteiger charge is -2.28. The van der Waals surface area contributed by atoms with Gasteiger partial charge in [-0.3, -0.25) is 0 Å². The van der Waals surface area contributed by atoms with Crippen LogP contribution in [0.15, 0.2) is 36.5 Å². The zero-order valence-corrected chi connectivity index (χ0v) is 18.8. The third-order valence-corrected chi connectivity index (χ3v) is 7.48. The zero-order chi connectivity index (χ0) is 21.4. The van der Waals surface area contributed by atoms with Gasteiger partial charge in [-0.05, 0) is 18.2 Å². The lowest BCUT2D eigenvalue weighted by molar-refractivity contribution is 0.122. The van der Waals surface area contributed by atoms with Crippen LogP contribution in [-0.2, 0) is 22.2 Å². The Morgan fingerprint density at radius 1 is 1.23 bits per heavy atom. The molecule has 10 heteroatoms. The van der Waals surface area contributed by atoms with Gasteiger partial charge >= 0.3 is 0 Å². The molecular weight excluding hydrogens is 434 g/mol. The molecule has 3 aromatic heterocycles. The monoisotopic (exact) mass is 457 g/mol. The Morgan fingerprint density at radius 2 is 2.06 bits per heavy atom. The number of nitrogens with one attached hydrogen (secondary N) is 1. The minimum atomic E-state index is -2.62. The maximum atomic E-state index is 11.5. The van der Waals surface area contributed by atoms with Crippen molar-refractivity contribution in [2.45, 2.75) is 13.5 Å². The van der Waals surface area contributed by atoms with E-state index in [1.54, 1.807) is 11.3 Å². The van der Waals surface area contributed by atoms with Crippen molar-refractivity contribution in [3.8, 4) is 11.4 Å². The van der Waals surface area contributed by atoms with Gasteiger partial charge in [-0.15, -0.1) is 11.3 Å². The van der Waals surface area contributed by atoms with Crippen LogP contribution in [0, 0.1) is 0 Å². The van der Waals surface area contributed by atoms with Gasteiger partial charge in [0.1, 0.15) is 0 Å². The molecule has 31 heavy (non-hydrogen) atoms. The van der Waals surface area contributed by atoms with Gasteiger partial charge in [-0.25, -0.2) is 18.4 Å². The van der Waals surface area contributed by atoms with Crippen LogP contribution < -0.4 is 4.90 Å². The van der Waals surface area contributed by atoms with Gasteiger partial charge in [0.05, 0.1) is 23.4 Å². The van der Waals surface area contributed by atoms with Crippen molar-refractivity contribution in [3.63, 3.8) is 0 Å². The fourth-order valence-electron chi connectivity index (χ4n) is 3.90. The Balaban J connectivity index is 1.66. The van der Waals surface area contributed by atoms with Gasteiger partial charge in [0.15, 0.2) is 11.6 Å². The molecule has 1 aliphatic heterocycles. The predicted molar refractivity (Wildman–Crippen MR) is 124 cm³/mol. The molecule has 1 aliphatic rings. The van der Waals surface area contributed by atoms with Crippen molar-refractivity contribution in [1.29, 1.82) is 0 Å². The molecule has 8 nitrogen and oxygen atoms in total. The standard InChI is InChI=1S/C21H23N5O3S2/c1-2-26(31(27)28)13-14-12-18-19(30-14)21(25-8-10-29-11-9-25)24-20(23-18)16-4-3-5-17-15(16)6-7-22-17/h3-7,12,22,31H,2,8-11,13H2,1H3. The van der Waals surface area contributed by atoms with Crippen molar-refractivity contribution in [3.05, 3.63) is 41.4 Å². The second-order valence-electron chi connectivity index (χ2n) is 7.36. The van der Waals surface area contributed by atoms with Crippen LogP contribution >= 0.6 is 11.3 Å². The third-order valence-electron chi connectivity index (χ3n) is 5.49. The number of hydrogen-bond acceptors (Lipinski definition) is 7. The normalized spacial score (nSPS) is 15.0. The smallest absolute Gasteiger partial charge is 0.204 e. The first-order valence-corrected chi connectivity index (χ1v) is 12.2. The van der Waals surface area contributed by atoms with Crippen molar-refractivity contribution in [2.24, 2.45) is 0 Å². The van der Waals surface area contributed by atoms with Crippen LogP contribution in [-0.4, -0.2) is 60.5 Å². The van der Waals surface area contributed by atoms with E-state index in [0.29, 0.717) is 32.1 Å². The largest absolute Gasteiger partial charge is 0.378 e. The van der Waals surface area contributed by atoms with E-state index >= 15 is 0 Å². The summed E-state index contributed by atoms with van der Waals surface area (Å²) in [6, 6.07) is 10.1. The maximum Gasteiger partial charge on any atom is 0.204 e. The van der Waals surface area contributed by atoms with Crippen molar-refractivity contribution >= 4 is 49.2 Å². The number of hydrogen-bond donors (Lipinski definition) is 2. The minimum Gasteiger partial charge on any atom is -0.378 e. The Morgan fingerprint density at radius 3 is 2.84 bits per heavy atom. The first-order valence-electron chi connectivity index (χ1n) is 10.2. The zero-order valence-electron chi connectivity index (χ0n) is 17.1. The van der Waals surface area contributed by atoms with Gasteiger partial charge < -0.3 is 14.6 Å². The molecule has 5 rings (SSSR count). The summed E-state index contributed by atoms with van der Waals surface area (Å²) < 4.78 is 31.0. The lowest BCUT2D eigenvalue weighted by atomic mass is 10.1. The van der Waals surface area contributed by atoms with E-state index in [9.17, 15) is 8.42 Å². The van der Waals surface area contributed by atoms with E-state index in [2.05, 4.69) is 9.88 Å². The summed E-state index contributed by atoms with van der Waals surface area (Å²) >= 11 is 1.57. The van der Waals surface area contributed by atoms with Crippen LogP contribution in [0.2, 0.25) is 0 Å². The fraction of sp³-hybridized carbons (Fsp3) is 0.333. The van der Waals surface area contributed by atoms with Crippen LogP contribution in [0.5, 0.6) is 0 Å². The Kier molecular flexibility index (Phi) is 5.61. The van der Waals surface area contributed by atoms with Crippen molar-refractivity contribution in [2.75, 3.05) is 37.7 Å². The number of aromatic nitrogens is 3. The first kappa shape index (κ1) is 20.4. The molecule has 4 heterocycles. The molecule has 4 aromatic rings. The molecule has 0 unspecified atom stereocenters. The molecule has 0 saturated carbocycles. The molecule has 1 saturated heterocycles. The number of nitrogens with zero attached hydrogens (tertiary/aromatic N) is 4. The van der Waals surface area contributed by atoms with Gasteiger partial charge in [0.25, 0.3) is 0 Å². The Hall–Kier alpha value is -2.53. The topological polar surface area (TPSA) is 91.4 Å². The molecule has 1 fully saturated rings. The Bertz CT molecular complexity index is 1300. The van der Waals surface area contributed by atoms with Crippen molar-refractivity contribution < 1.29 is 13.2 Å². The number of benzene rings is 1. The van der Waals surface area contributed by atoms with E-state index in [4.69, 9.17) is 14.7 Å². The van der Waals surface area contributed by atoms with E-state index in [-0.39, 0.29) is 0 Å². The third kappa shape index (κ3) is 3.91. The lowest BCUT2D eigenvalue weighted by Crippen LogP contribution is -2.36. The summed E-state index contributed by atoms with van der Waals surface area (Å²) in [5, 5.41) is 1.07. The number of fused-ring (bicyclic) bond motifs is 2. The number of morpholine rings is 1. The van der Waals surface area contributed by atoms with Gasteiger partial charge in [0, 0.05) is 53.7 Å². The van der Waals surface area contributed by atoms with Gasteiger partial charge in [-0.1, -0.05) is 19.1 Å². The average molecular weight is 458 g/mol. The molecule has 0 spiro atoms. The molecule has 0 bridgehead atoms. The number of ether oxygens (including phenoxy) is 1. The fourth-order valence-corrected chi connectivity index (χ4v) is 5.62. The summed E-state index contributed by atoms with van der Waals surface area (Å²) in [4.78, 5) is 16.3. The number of thiol groups is 1. The maximum absolute atomic E-state index is 11.5. The number of thiophene rings is 1. The summed E-state index contributed by atoms with van der Waals surface area (Å²) in [5.74, 6) is 1.56. The second-order valence-corrected chi connectivity index (χ2v) is 9.54. The van der Waals surface area contributed by atoms with Crippen LogP contribution in [0.3, 0.4) is 0 Å². The van der Waals surface area contributed by atoms with Crippen LogP contribution in [0.1, 0.15) is 11.8 Å². The molecule has 0 amide bonds. The quantitative estimate of drug-likeness (QED) is 0.433. The van der Waals surface area contributed by atoms with Gasteiger partial charge in [0.2, 0.25) is 10.9 Å². The van der Waals surface area contributed by atoms with Crippen molar-refractivity contribution in [1.82, 2.24) is 19.3 Å². The number of rotatable bonds is 6. The summed E-state index contributed by atoms with van der Waals surface area (Å²) in [7, 11) is -2.62. The number of anilines is 1. The highest BCUT2D eigenvalue weighted by atomic mass is 32.2. The minimum absolute atomic E-state index is 0.349. The first-order chi connectivity index (χ1) is 15.1. The van der Waals surface area contributed by atoms with Crippen LogP contribution in [0.25, 0.3) is 32.5 Å². The molecular formula is C21H23N5O3S2. The molecule has 0 atom stereocenters. The number of H-pyrrole nitrogens is 1. The molecule has 162 valence electrons. The van der Waals surface area contributed by atoms with E-state index in [1.807, 2.05) is 43.5 Å². The van der Waals surface area contributed by atoms with E-state index in [0.717, 1.165) is 50.5 Å². The van der Waals surface area contributed by atoms with Crippen LogP contribution in [0.4, 0.5) is 5.82 Å². The molecule has 1 aromatic carbocycles. The summed E-state index contributed by atoms with van der Waals surface area (Å²) in [6.45, 7) is 5.48. The highest BCUT2D eigenvalue weighted by molar-refractivity contribution is 7.69. The second kappa shape index (κ2) is 8.54. The predicted octanol–water partition coefficient (Wildman–Crippen LogP) is 3.02. The highest BCUT2D eigenvalue weighted by Crippen LogP contribution is 2.36. The van der Waals surface area contributed by atoms with E-state index in [1.165, 1.54) is 4.31 Å². The Labute approximate surface area is 185 Å². The number of aromatic amines is 1. The van der Waals surface area contributed by atoms with E-state index < -0.39 is 10.9 Å². The SMILES string of the molecule is CCN(Cc1cc2nc(-c3cccc4[nH]ccc34)nc(N3CCOCC3)c2s1)[SH](=O)=O. The molecule has 0 aliphatic carbocycles. The molecule has 0 radical (unpaired) electrons. The molecule has 1 N–H and O–H groups in total. The summed E-state index contributed by atoms with van der Waals surface area (Å²) in [5.41, 5.74) is 2.86. The average Bonchev–Trinajstić information content (AvgIpc) is 3.43. The summed E-state index contributed by atoms with van der Waals surface area (Å²) in [6.07, 6.45) is 1.92.